The van der Waals surface area contributed by atoms with Gasteiger partial charge in [-0.25, -0.2) is 4.57 Å². The molecule has 2 N–H and O–H groups in total. The predicted octanol–water partition coefficient (Wildman–Crippen LogP) is 2.97. The van der Waals surface area contributed by atoms with E-state index in [-0.39, 0.29) is 13.0 Å². The molecule has 0 fully saturated rings. The first kappa shape index (κ1) is 16.5. The molecule has 6 nitrogen and oxygen atoms in total. The summed E-state index contributed by atoms with van der Waals surface area (Å²) in [5.74, 6) is 1.19. The molecule has 0 unspecified atom stereocenters. The Labute approximate surface area is 128 Å². The van der Waals surface area contributed by atoms with Gasteiger partial charge in [0.25, 0.3) is 0 Å². The second-order valence-corrected chi connectivity index (χ2v) is 5.64. The van der Waals surface area contributed by atoms with Gasteiger partial charge < -0.3 is 19.3 Å². The zero-order valence-electron chi connectivity index (χ0n) is 11.7. The summed E-state index contributed by atoms with van der Waals surface area (Å²) < 4.78 is 26.5. The van der Waals surface area contributed by atoms with Crippen molar-refractivity contribution in [3.8, 4) is 11.5 Å². The highest BCUT2D eigenvalue weighted by atomic mass is 31.2. The highest BCUT2D eigenvalue weighted by Crippen LogP contribution is 2.35. The summed E-state index contributed by atoms with van der Waals surface area (Å²) in [6.45, 7) is -0.186. The van der Waals surface area contributed by atoms with E-state index in [1.54, 1.807) is 24.3 Å². The van der Waals surface area contributed by atoms with E-state index in [9.17, 15) is 4.57 Å². The van der Waals surface area contributed by atoms with Crippen LogP contribution in [0.1, 0.15) is 6.42 Å². The average molecular weight is 324 g/mol. The highest BCUT2D eigenvalue weighted by Gasteiger charge is 2.18. The van der Waals surface area contributed by atoms with Crippen LogP contribution in [0, 0.1) is 0 Å². The van der Waals surface area contributed by atoms with Gasteiger partial charge in [-0.1, -0.05) is 36.4 Å². The Kier molecular flexibility index (Phi) is 5.98. The second-order valence-electron chi connectivity index (χ2n) is 4.40. The number of hydrogen-bond acceptors (Lipinski definition) is 4. The van der Waals surface area contributed by atoms with Crippen LogP contribution in [-0.4, -0.2) is 22.7 Å². The molecular weight excluding hydrogens is 307 g/mol. The monoisotopic (exact) mass is 324 g/mol. The molecule has 0 spiro atoms. The number of benzene rings is 2. The van der Waals surface area contributed by atoms with E-state index >= 15 is 0 Å². The fourth-order valence-electron chi connectivity index (χ4n) is 1.71. The van der Waals surface area contributed by atoms with Crippen LogP contribution >= 0.6 is 7.82 Å². The molecular formula is C15H17O6P. The van der Waals surface area contributed by atoms with E-state index in [2.05, 4.69) is 4.52 Å². The molecule has 0 heterocycles. The lowest BCUT2D eigenvalue weighted by Crippen LogP contribution is -2.25. The minimum absolute atomic E-state index is 0.162. The van der Waals surface area contributed by atoms with Crippen molar-refractivity contribution in [2.75, 3.05) is 6.61 Å². The second kappa shape index (κ2) is 7.96. The molecule has 0 radical (unpaired) electrons. The largest absolute Gasteiger partial charge is 0.469 e. The van der Waals surface area contributed by atoms with E-state index in [0.717, 1.165) is 0 Å². The molecule has 0 saturated carbocycles. The lowest BCUT2D eigenvalue weighted by molar-refractivity contribution is -0.0114. The van der Waals surface area contributed by atoms with Crippen molar-refractivity contribution < 1.29 is 28.3 Å². The van der Waals surface area contributed by atoms with Crippen LogP contribution in [0.5, 0.6) is 11.5 Å². The summed E-state index contributed by atoms with van der Waals surface area (Å²) in [4.78, 5) is 17.4. The van der Waals surface area contributed by atoms with Crippen LogP contribution in [0.15, 0.2) is 60.7 Å². The first-order valence-corrected chi connectivity index (χ1v) is 8.19. The molecule has 0 aliphatic carbocycles. The van der Waals surface area contributed by atoms with E-state index in [1.165, 1.54) is 0 Å². The van der Waals surface area contributed by atoms with Gasteiger partial charge in [0.05, 0.1) is 6.61 Å². The molecule has 118 valence electrons. The van der Waals surface area contributed by atoms with Gasteiger partial charge in [0, 0.05) is 6.42 Å². The first-order valence-electron chi connectivity index (χ1n) is 6.66. The molecule has 0 bridgehead atoms. The molecule has 0 aromatic heterocycles. The molecule has 2 rings (SSSR count). The van der Waals surface area contributed by atoms with Gasteiger partial charge in [-0.2, -0.15) is 0 Å². The van der Waals surface area contributed by atoms with Crippen molar-refractivity contribution in [1.29, 1.82) is 0 Å². The molecule has 22 heavy (non-hydrogen) atoms. The Hall–Kier alpha value is -1.85. The summed E-state index contributed by atoms with van der Waals surface area (Å²) in [5, 5.41) is 0. The number of para-hydroxylation sites is 2. The predicted molar refractivity (Wildman–Crippen MR) is 80.5 cm³/mol. The Morgan fingerprint density at radius 1 is 0.864 bits per heavy atom. The van der Waals surface area contributed by atoms with Gasteiger partial charge in [0.1, 0.15) is 11.5 Å². The highest BCUT2D eigenvalue weighted by molar-refractivity contribution is 7.46. The van der Waals surface area contributed by atoms with Crippen molar-refractivity contribution in [3.05, 3.63) is 60.7 Å². The minimum Gasteiger partial charge on any atom is -0.455 e. The van der Waals surface area contributed by atoms with Crippen LogP contribution in [0.2, 0.25) is 0 Å². The molecule has 0 saturated heterocycles. The number of ether oxygens (including phenoxy) is 2. The summed E-state index contributed by atoms with van der Waals surface area (Å²) in [7, 11) is -4.50. The van der Waals surface area contributed by atoms with Gasteiger partial charge in [-0.3, -0.25) is 4.52 Å². The third-order valence-electron chi connectivity index (χ3n) is 2.63. The van der Waals surface area contributed by atoms with Crippen molar-refractivity contribution in [3.63, 3.8) is 0 Å². The maximum Gasteiger partial charge on any atom is 0.469 e. The van der Waals surface area contributed by atoms with Gasteiger partial charge in [0.15, 0.2) is 0 Å². The van der Waals surface area contributed by atoms with E-state index in [1.807, 2.05) is 36.4 Å². The Bertz CT molecular complexity index is 556. The third kappa shape index (κ3) is 6.28. The SMILES string of the molecule is O=P(O)(O)OCCC(Oc1ccccc1)Oc1ccccc1. The molecule has 2 aromatic carbocycles. The van der Waals surface area contributed by atoms with Crippen LogP contribution in [0.25, 0.3) is 0 Å². The normalized spacial score (nSPS) is 11.4. The number of hydrogen-bond donors (Lipinski definition) is 2. The van der Waals surface area contributed by atoms with Crippen molar-refractivity contribution in [1.82, 2.24) is 0 Å². The van der Waals surface area contributed by atoms with Crippen molar-refractivity contribution >= 4 is 7.82 Å². The summed E-state index contributed by atoms with van der Waals surface area (Å²) in [6.07, 6.45) is -0.564. The number of rotatable bonds is 8. The lowest BCUT2D eigenvalue weighted by Gasteiger charge is -2.20. The standard InChI is InChI=1S/C15H17O6P/c16-22(17,18)19-12-11-15(20-13-7-3-1-4-8-13)21-14-9-5-2-6-10-14/h1-10,15H,11-12H2,(H2,16,17,18). The molecule has 7 heteroatoms. The summed E-state index contributed by atoms with van der Waals surface area (Å²) >= 11 is 0. The van der Waals surface area contributed by atoms with Gasteiger partial charge in [0.2, 0.25) is 6.29 Å². The third-order valence-corrected chi connectivity index (χ3v) is 3.15. The van der Waals surface area contributed by atoms with E-state index < -0.39 is 14.1 Å². The van der Waals surface area contributed by atoms with Gasteiger partial charge in [-0.05, 0) is 24.3 Å². The summed E-state index contributed by atoms with van der Waals surface area (Å²) in [5.41, 5.74) is 0. The summed E-state index contributed by atoms with van der Waals surface area (Å²) in [6, 6.07) is 18.1. The fourth-order valence-corrected chi connectivity index (χ4v) is 2.05. The Balaban J connectivity index is 1.98. The lowest BCUT2D eigenvalue weighted by atomic mass is 10.3. The van der Waals surface area contributed by atoms with E-state index in [0.29, 0.717) is 11.5 Å². The number of phosphoric acid groups is 1. The van der Waals surface area contributed by atoms with Crippen molar-refractivity contribution in [2.24, 2.45) is 0 Å². The van der Waals surface area contributed by atoms with Crippen LogP contribution < -0.4 is 9.47 Å². The van der Waals surface area contributed by atoms with Crippen LogP contribution in [0.3, 0.4) is 0 Å². The van der Waals surface area contributed by atoms with Crippen LogP contribution in [0.4, 0.5) is 0 Å². The maximum absolute atomic E-state index is 10.7. The Morgan fingerprint density at radius 2 is 1.32 bits per heavy atom. The molecule has 2 aromatic rings. The first-order chi connectivity index (χ1) is 10.5. The quantitative estimate of drug-likeness (QED) is 0.573. The van der Waals surface area contributed by atoms with Gasteiger partial charge >= 0.3 is 7.82 Å². The average Bonchev–Trinajstić information content (AvgIpc) is 2.48. The molecule has 0 aliphatic rings. The molecule has 0 atom stereocenters. The number of phosphoric ester groups is 1. The fraction of sp³-hybridized carbons (Fsp3) is 0.200. The van der Waals surface area contributed by atoms with Crippen molar-refractivity contribution in [2.45, 2.75) is 12.7 Å². The topological polar surface area (TPSA) is 85.2 Å². The van der Waals surface area contributed by atoms with Crippen LogP contribution in [-0.2, 0) is 9.09 Å². The Morgan fingerprint density at radius 3 is 1.73 bits per heavy atom. The molecule has 0 amide bonds. The maximum atomic E-state index is 10.7. The van der Waals surface area contributed by atoms with E-state index in [4.69, 9.17) is 19.3 Å². The smallest absolute Gasteiger partial charge is 0.455 e. The minimum atomic E-state index is -4.50. The zero-order chi connectivity index (χ0) is 15.8. The van der Waals surface area contributed by atoms with Gasteiger partial charge in [-0.15, -0.1) is 0 Å². The zero-order valence-corrected chi connectivity index (χ0v) is 12.6. The molecule has 0 aliphatic heterocycles.